The molecule has 1 aliphatic heterocycles. The van der Waals surface area contributed by atoms with Gasteiger partial charge in [-0.15, -0.1) is 0 Å². The van der Waals surface area contributed by atoms with Crippen LogP contribution in [0, 0.1) is 11.3 Å². The number of aromatic nitrogens is 2. The smallest absolute Gasteiger partial charge is 0.137 e. The van der Waals surface area contributed by atoms with Gasteiger partial charge < -0.3 is 9.51 Å². The first-order valence-corrected chi connectivity index (χ1v) is 8.49. The Morgan fingerprint density at radius 1 is 1.20 bits per heavy atom. The zero-order valence-corrected chi connectivity index (χ0v) is 14.0. The Hall–Kier alpha value is -2.68. The van der Waals surface area contributed by atoms with E-state index in [-0.39, 0.29) is 12.0 Å². The van der Waals surface area contributed by atoms with Crippen LogP contribution in [0.2, 0.25) is 0 Å². The van der Waals surface area contributed by atoms with Crippen molar-refractivity contribution in [1.29, 1.82) is 5.26 Å². The summed E-state index contributed by atoms with van der Waals surface area (Å²) in [5.74, 6) is 0. The van der Waals surface area contributed by atoms with Crippen LogP contribution in [0.25, 0.3) is 5.65 Å². The minimum atomic E-state index is -0.195. The fourth-order valence-corrected chi connectivity index (χ4v) is 3.78. The fourth-order valence-electron chi connectivity index (χ4n) is 3.78. The van der Waals surface area contributed by atoms with E-state index in [1.54, 1.807) is 6.07 Å². The molecule has 1 aromatic carbocycles. The topological polar surface area (TPSA) is 64.6 Å². The van der Waals surface area contributed by atoms with Gasteiger partial charge in [-0.3, -0.25) is 4.90 Å². The molecule has 0 aliphatic carbocycles. The molecule has 0 amide bonds. The lowest BCUT2D eigenvalue weighted by molar-refractivity contribution is 0.188. The molecule has 126 valence electrons. The lowest BCUT2D eigenvalue weighted by atomic mass is 9.80. The van der Waals surface area contributed by atoms with Crippen molar-refractivity contribution in [2.45, 2.75) is 18.4 Å². The number of aliphatic hydroxyl groups is 1. The van der Waals surface area contributed by atoms with E-state index in [0.717, 1.165) is 37.4 Å². The third-order valence-electron chi connectivity index (χ3n) is 5.22. The summed E-state index contributed by atoms with van der Waals surface area (Å²) in [6.45, 7) is 2.66. The van der Waals surface area contributed by atoms with Crippen LogP contribution >= 0.6 is 0 Å². The zero-order chi connectivity index (χ0) is 17.3. The molecule has 3 heterocycles. The van der Waals surface area contributed by atoms with Crippen LogP contribution in [-0.4, -0.2) is 39.1 Å². The van der Waals surface area contributed by atoms with E-state index in [1.807, 2.05) is 41.1 Å². The van der Waals surface area contributed by atoms with E-state index in [1.165, 1.54) is 5.56 Å². The summed E-state index contributed by atoms with van der Waals surface area (Å²) in [5, 5.41) is 19.2. The molecule has 1 N–H and O–H groups in total. The SMILES string of the molecule is N#Cc1ccc2ncc(CN3CCC(CO)(c4ccccc4)C3)n2c1. The van der Waals surface area contributed by atoms with Gasteiger partial charge in [0, 0.05) is 24.7 Å². The summed E-state index contributed by atoms with van der Waals surface area (Å²) >= 11 is 0. The van der Waals surface area contributed by atoms with Gasteiger partial charge in [-0.25, -0.2) is 4.98 Å². The molecule has 0 saturated carbocycles. The maximum atomic E-state index is 10.1. The Kier molecular flexibility index (Phi) is 4.00. The number of hydrogen-bond donors (Lipinski definition) is 1. The highest BCUT2D eigenvalue weighted by Crippen LogP contribution is 2.34. The fraction of sp³-hybridized carbons (Fsp3) is 0.300. The molecular formula is C20H20N4O. The van der Waals surface area contributed by atoms with E-state index in [2.05, 4.69) is 28.1 Å². The molecular weight excluding hydrogens is 312 g/mol. The van der Waals surface area contributed by atoms with Crippen molar-refractivity contribution in [3.05, 3.63) is 71.7 Å². The Bertz CT molecular complexity index is 928. The van der Waals surface area contributed by atoms with Crippen molar-refractivity contribution in [2.75, 3.05) is 19.7 Å². The largest absolute Gasteiger partial charge is 0.395 e. The second-order valence-corrected chi connectivity index (χ2v) is 6.77. The summed E-state index contributed by atoms with van der Waals surface area (Å²) in [6.07, 6.45) is 4.65. The first kappa shape index (κ1) is 15.8. The number of nitriles is 1. The Morgan fingerprint density at radius 3 is 2.80 bits per heavy atom. The summed E-state index contributed by atoms with van der Waals surface area (Å²) in [6, 6.07) is 16.1. The maximum absolute atomic E-state index is 10.1. The van der Waals surface area contributed by atoms with Crippen molar-refractivity contribution in [3.8, 4) is 6.07 Å². The molecule has 4 rings (SSSR count). The standard InChI is InChI=1S/C20H20N4O/c21-10-16-6-7-19-22-11-18(24(19)12-16)13-23-9-8-20(14-23,15-25)17-4-2-1-3-5-17/h1-7,11-12,25H,8-9,13-15H2. The Balaban J connectivity index is 1.58. The maximum Gasteiger partial charge on any atom is 0.137 e. The number of fused-ring (bicyclic) bond motifs is 1. The highest BCUT2D eigenvalue weighted by atomic mass is 16.3. The summed E-state index contributed by atoms with van der Waals surface area (Å²) in [5.41, 5.74) is 3.55. The number of benzene rings is 1. The number of nitrogens with zero attached hydrogens (tertiary/aromatic N) is 4. The molecule has 1 aliphatic rings. The highest BCUT2D eigenvalue weighted by Gasteiger charge is 2.39. The Labute approximate surface area is 146 Å². The number of likely N-dealkylation sites (tertiary alicyclic amines) is 1. The third-order valence-corrected chi connectivity index (χ3v) is 5.22. The van der Waals surface area contributed by atoms with Crippen molar-refractivity contribution < 1.29 is 5.11 Å². The van der Waals surface area contributed by atoms with Gasteiger partial charge in [0.05, 0.1) is 24.1 Å². The molecule has 3 aromatic rings. The quantitative estimate of drug-likeness (QED) is 0.796. The van der Waals surface area contributed by atoms with Crippen LogP contribution in [0.15, 0.2) is 54.9 Å². The number of aliphatic hydroxyl groups excluding tert-OH is 1. The van der Waals surface area contributed by atoms with Gasteiger partial charge in [0.25, 0.3) is 0 Å². The van der Waals surface area contributed by atoms with Crippen molar-refractivity contribution in [1.82, 2.24) is 14.3 Å². The van der Waals surface area contributed by atoms with E-state index < -0.39 is 0 Å². The monoisotopic (exact) mass is 332 g/mol. The van der Waals surface area contributed by atoms with Crippen LogP contribution in [-0.2, 0) is 12.0 Å². The molecule has 2 aromatic heterocycles. The van der Waals surface area contributed by atoms with Gasteiger partial charge in [-0.05, 0) is 30.7 Å². The van der Waals surface area contributed by atoms with Gasteiger partial charge >= 0.3 is 0 Å². The molecule has 25 heavy (non-hydrogen) atoms. The second-order valence-electron chi connectivity index (χ2n) is 6.77. The van der Waals surface area contributed by atoms with Crippen LogP contribution in [0.4, 0.5) is 0 Å². The molecule has 1 atom stereocenters. The zero-order valence-electron chi connectivity index (χ0n) is 14.0. The lowest BCUT2D eigenvalue weighted by Gasteiger charge is -2.28. The van der Waals surface area contributed by atoms with E-state index in [0.29, 0.717) is 5.56 Å². The summed E-state index contributed by atoms with van der Waals surface area (Å²) < 4.78 is 1.99. The third kappa shape index (κ3) is 2.80. The van der Waals surface area contributed by atoms with Gasteiger partial charge in [0.15, 0.2) is 0 Å². The molecule has 1 saturated heterocycles. The normalized spacial score (nSPS) is 20.8. The lowest BCUT2D eigenvalue weighted by Crippen LogP contribution is -2.34. The first-order valence-electron chi connectivity index (χ1n) is 8.49. The predicted molar refractivity (Wildman–Crippen MR) is 95.0 cm³/mol. The van der Waals surface area contributed by atoms with Crippen LogP contribution in [0.5, 0.6) is 0 Å². The van der Waals surface area contributed by atoms with Crippen molar-refractivity contribution in [2.24, 2.45) is 0 Å². The van der Waals surface area contributed by atoms with Crippen molar-refractivity contribution in [3.63, 3.8) is 0 Å². The van der Waals surface area contributed by atoms with Gasteiger partial charge in [0.1, 0.15) is 11.7 Å². The number of rotatable bonds is 4. The van der Waals surface area contributed by atoms with Gasteiger partial charge in [-0.1, -0.05) is 30.3 Å². The average Bonchev–Trinajstić information content (AvgIpc) is 3.27. The molecule has 0 radical (unpaired) electrons. The molecule has 5 heteroatoms. The second kappa shape index (κ2) is 6.32. The Morgan fingerprint density at radius 2 is 2.04 bits per heavy atom. The minimum Gasteiger partial charge on any atom is -0.395 e. The number of hydrogen-bond acceptors (Lipinski definition) is 4. The van der Waals surface area contributed by atoms with Crippen molar-refractivity contribution >= 4 is 5.65 Å². The average molecular weight is 332 g/mol. The molecule has 1 fully saturated rings. The van der Waals surface area contributed by atoms with Crippen LogP contribution < -0.4 is 0 Å². The predicted octanol–water partition coefficient (Wildman–Crippen LogP) is 2.34. The van der Waals surface area contributed by atoms with E-state index >= 15 is 0 Å². The van der Waals surface area contributed by atoms with E-state index in [9.17, 15) is 5.11 Å². The molecule has 0 bridgehead atoms. The minimum absolute atomic E-state index is 0.152. The molecule has 1 unspecified atom stereocenters. The number of pyridine rings is 1. The van der Waals surface area contributed by atoms with E-state index in [4.69, 9.17) is 5.26 Å². The molecule has 5 nitrogen and oxygen atoms in total. The van der Waals surface area contributed by atoms with Crippen LogP contribution in [0.3, 0.4) is 0 Å². The summed E-state index contributed by atoms with van der Waals surface area (Å²) in [4.78, 5) is 6.78. The van der Waals surface area contributed by atoms with Gasteiger partial charge in [0.2, 0.25) is 0 Å². The highest BCUT2D eigenvalue weighted by molar-refractivity contribution is 5.44. The van der Waals surface area contributed by atoms with Gasteiger partial charge in [-0.2, -0.15) is 5.26 Å². The number of imidazole rings is 1. The van der Waals surface area contributed by atoms with Crippen LogP contribution in [0.1, 0.15) is 23.2 Å². The first-order chi connectivity index (χ1) is 12.2. The molecule has 0 spiro atoms. The summed E-state index contributed by atoms with van der Waals surface area (Å²) in [7, 11) is 0.